The van der Waals surface area contributed by atoms with Gasteiger partial charge in [0.1, 0.15) is 5.54 Å². The van der Waals surface area contributed by atoms with E-state index >= 15 is 0 Å². The van der Waals surface area contributed by atoms with E-state index in [0.717, 1.165) is 44.1 Å². The van der Waals surface area contributed by atoms with Crippen LogP contribution in [0.1, 0.15) is 65.7 Å². The Morgan fingerprint density at radius 3 is 2.52 bits per heavy atom. The second-order valence-corrected chi connectivity index (χ2v) is 7.12. The molecule has 0 aromatic carbocycles. The Kier molecular flexibility index (Phi) is 4.02. The van der Waals surface area contributed by atoms with Crippen LogP contribution in [0.25, 0.3) is 0 Å². The number of fused-ring (bicyclic) bond motifs is 1. The summed E-state index contributed by atoms with van der Waals surface area (Å²) in [4.78, 5) is 25.6. The standard InChI is InChI=1S/C16H21NO3S/c18-14(12-10-21-13-7-3-2-6-11(12)13)17-16(15(19)20)8-4-1-5-9-16/h10H,1-9H2,(H,17,18)(H,19,20). The number of aryl methyl sites for hydroxylation is 1. The van der Waals surface area contributed by atoms with Crippen LogP contribution in [0.3, 0.4) is 0 Å². The zero-order valence-electron chi connectivity index (χ0n) is 12.1. The maximum atomic E-state index is 12.6. The lowest BCUT2D eigenvalue weighted by Crippen LogP contribution is -2.55. The van der Waals surface area contributed by atoms with Gasteiger partial charge < -0.3 is 10.4 Å². The lowest BCUT2D eigenvalue weighted by molar-refractivity contribution is -0.145. The van der Waals surface area contributed by atoms with Crippen LogP contribution in [0.5, 0.6) is 0 Å². The second-order valence-electron chi connectivity index (χ2n) is 6.16. The largest absolute Gasteiger partial charge is 0.480 e. The Bertz CT molecular complexity index is 558. The molecule has 1 aromatic rings. The fourth-order valence-corrected chi connectivity index (χ4v) is 4.64. The molecule has 0 bridgehead atoms. The molecule has 1 aromatic heterocycles. The van der Waals surface area contributed by atoms with Crippen LogP contribution in [0.15, 0.2) is 5.38 Å². The summed E-state index contributed by atoms with van der Waals surface area (Å²) < 4.78 is 0. The first-order chi connectivity index (χ1) is 10.1. The first-order valence-corrected chi connectivity index (χ1v) is 8.65. The van der Waals surface area contributed by atoms with Crippen LogP contribution in [-0.4, -0.2) is 22.5 Å². The molecule has 2 aliphatic carbocycles. The van der Waals surface area contributed by atoms with Crippen molar-refractivity contribution in [2.45, 2.75) is 63.3 Å². The van der Waals surface area contributed by atoms with Crippen molar-refractivity contribution in [3.63, 3.8) is 0 Å². The predicted octanol–water partition coefficient (Wildman–Crippen LogP) is 3.14. The monoisotopic (exact) mass is 307 g/mol. The number of carbonyl (C=O) groups excluding carboxylic acids is 1. The molecule has 0 unspecified atom stereocenters. The summed E-state index contributed by atoms with van der Waals surface area (Å²) in [5.74, 6) is -1.08. The predicted molar refractivity (Wildman–Crippen MR) is 81.9 cm³/mol. The SMILES string of the molecule is O=C(NC1(C(=O)O)CCCCC1)c1csc2c1CCCC2. The van der Waals surface area contributed by atoms with Gasteiger partial charge in [-0.05, 0) is 44.1 Å². The summed E-state index contributed by atoms with van der Waals surface area (Å²) in [5.41, 5.74) is 0.805. The molecular formula is C16H21NO3S. The summed E-state index contributed by atoms with van der Waals surface area (Å²) in [6.45, 7) is 0. The third kappa shape index (κ3) is 2.71. The highest BCUT2D eigenvalue weighted by Crippen LogP contribution is 2.32. The van der Waals surface area contributed by atoms with Gasteiger partial charge in [-0.25, -0.2) is 4.79 Å². The molecule has 114 valence electrons. The van der Waals surface area contributed by atoms with Crippen LogP contribution in [0.2, 0.25) is 0 Å². The molecule has 1 heterocycles. The molecule has 2 N–H and O–H groups in total. The van der Waals surface area contributed by atoms with Gasteiger partial charge in [0.2, 0.25) is 0 Å². The minimum absolute atomic E-state index is 0.196. The van der Waals surface area contributed by atoms with Crippen molar-refractivity contribution >= 4 is 23.2 Å². The molecule has 0 aliphatic heterocycles. The zero-order valence-corrected chi connectivity index (χ0v) is 12.9. The molecule has 1 amide bonds. The number of hydrogen-bond acceptors (Lipinski definition) is 3. The van der Waals surface area contributed by atoms with Gasteiger partial charge in [0.05, 0.1) is 5.56 Å². The van der Waals surface area contributed by atoms with Crippen molar-refractivity contribution in [2.24, 2.45) is 0 Å². The lowest BCUT2D eigenvalue weighted by atomic mass is 9.81. The lowest BCUT2D eigenvalue weighted by Gasteiger charge is -2.34. The number of rotatable bonds is 3. The van der Waals surface area contributed by atoms with Gasteiger partial charge in [0, 0.05) is 10.3 Å². The summed E-state index contributed by atoms with van der Waals surface area (Å²) >= 11 is 1.64. The van der Waals surface area contributed by atoms with Crippen molar-refractivity contribution < 1.29 is 14.7 Å². The molecule has 0 radical (unpaired) electrons. The van der Waals surface area contributed by atoms with Crippen LogP contribution in [0, 0.1) is 0 Å². The minimum atomic E-state index is -1.06. The van der Waals surface area contributed by atoms with Crippen LogP contribution < -0.4 is 5.32 Å². The Morgan fingerprint density at radius 2 is 1.81 bits per heavy atom. The van der Waals surface area contributed by atoms with E-state index in [-0.39, 0.29) is 5.91 Å². The van der Waals surface area contributed by atoms with E-state index in [1.807, 2.05) is 5.38 Å². The fourth-order valence-electron chi connectivity index (χ4n) is 3.52. The van der Waals surface area contributed by atoms with E-state index in [1.54, 1.807) is 11.3 Å². The third-order valence-electron chi connectivity index (χ3n) is 4.78. The van der Waals surface area contributed by atoms with E-state index in [1.165, 1.54) is 11.3 Å². The van der Waals surface area contributed by atoms with Crippen molar-refractivity contribution in [3.05, 3.63) is 21.4 Å². The highest BCUT2D eigenvalue weighted by atomic mass is 32.1. The molecule has 4 nitrogen and oxygen atoms in total. The van der Waals surface area contributed by atoms with Gasteiger partial charge in [-0.1, -0.05) is 19.3 Å². The Hall–Kier alpha value is -1.36. The van der Waals surface area contributed by atoms with Gasteiger partial charge in [0.15, 0.2) is 0 Å². The maximum absolute atomic E-state index is 12.6. The highest BCUT2D eigenvalue weighted by molar-refractivity contribution is 7.10. The van der Waals surface area contributed by atoms with Gasteiger partial charge in [-0.15, -0.1) is 11.3 Å². The van der Waals surface area contributed by atoms with Crippen LogP contribution in [-0.2, 0) is 17.6 Å². The van der Waals surface area contributed by atoms with E-state index in [0.29, 0.717) is 18.4 Å². The van der Waals surface area contributed by atoms with E-state index in [9.17, 15) is 14.7 Å². The summed E-state index contributed by atoms with van der Waals surface area (Å²) in [5, 5.41) is 14.3. The van der Waals surface area contributed by atoms with Gasteiger partial charge in [0.25, 0.3) is 5.91 Å². The number of carbonyl (C=O) groups is 2. The third-order valence-corrected chi connectivity index (χ3v) is 5.86. The number of aliphatic carboxylic acids is 1. The first kappa shape index (κ1) is 14.6. The quantitative estimate of drug-likeness (QED) is 0.901. The van der Waals surface area contributed by atoms with Crippen LogP contribution >= 0.6 is 11.3 Å². The molecule has 1 fully saturated rings. The normalized spacial score (nSPS) is 20.6. The van der Waals surface area contributed by atoms with Gasteiger partial charge in [-0.3, -0.25) is 4.79 Å². The highest BCUT2D eigenvalue weighted by Gasteiger charge is 2.41. The molecule has 3 rings (SSSR count). The molecule has 0 atom stereocenters. The Labute approximate surface area is 128 Å². The number of thiophene rings is 1. The Balaban J connectivity index is 1.82. The topological polar surface area (TPSA) is 66.4 Å². The summed E-state index contributed by atoms with van der Waals surface area (Å²) in [7, 11) is 0. The first-order valence-electron chi connectivity index (χ1n) is 7.77. The van der Waals surface area contributed by atoms with E-state index in [2.05, 4.69) is 5.32 Å². The number of carboxylic acid groups (broad SMARTS) is 1. The van der Waals surface area contributed by atoms with Gasteiger partial charge >= 0.3 is 5.97 Å². The minimum Gasteiger partial charge on any atom is -0.480 e. The molecule has 21 heavy (non-hydrogen) atoms. The number of nitrogens with one attached hydrogen (secondary N) is 1. The second kappa shape index (κ2) is 5.79. The van der Waals surface area contributed by atoms with E-state index < -0.39 is 11.5 Å². The number of hydrogen-bond donors (Lipinski definition) is 2. The fraction of sp³-hybridized carbons (Fsp3) is 0.625. The molecule has 5 heteroatoms. The molecule has 0 spiro atoms. The molecule has 0 saturated heterocycles. The average molecular weight is 307 g/mol. The number of carboxylic acids is 1. The van der Waals surface area contributed by atoms with Crippen molar-refractivity contribution in [2.75, 3.05) is 0 Å². The Morgan fingerprint density at radius 1 is 1.10 bits per heavy atom. The van der Waals surface area contributed by atoms with Gasteiger partial charge in [-0.2, -0.15) is 0 Å². The molecule has 2 aliphatic rings. The van der Waals surface area contributed by atoms with Crippen LogP contribution in [0.4, 0.5) is 0 Å². The van der Waals surface area contributed by atoms with Crippen molar-refractivity contribution in [1.29, 1.82) is 0 Å². The average Bonchev–Trinajstić information content (AvgIpc) is 2.92. The molecular weight excluding hydrogens is 286 g/mol. The maximum Gasteiger partial charge on any atom is 0.329 e. The number of amides is 1. The zero-order chi connectivity index (χ0) is 14.9. The summed E-state index contributed by atoms with van der Waals surface area (Å²) in [6, 6.07) is 0. The molecule has 1 saturated carbocycles. The summed E-state index contributed by atoms with van der Waals surface area (Å²) in [6.07, 6.45) is 8.18. The smallest absolute Gasteiger partial charge is 0.329 e. The van der Waals surface area contributed by atoms with Crippen molar-refractivity contribution in [1.82, 2.24) is 5.32 Å². The van der Waals surface area contributed by atoms with E-state index in [4.69, 9.17) is 0 Å². The van der Waals surface area contributed by atoms with Crippen molar-refractivity contribution in [3.8, 4) is 0 Å².